The Hall–Kier alpha value is -2.31. The molecule has 17 heavy (non-hydrogen) atoms. The zero-order valence-electron chi connectivity index (χ0n) is 8.15. The lowest BCUT2D eigenvalue weighted by Crippen LogP contribution is -2.30. The summed E-state index contributed by atoms with van der Waals surface area (Å²) in [5.74, 6) is -8.19. The SMILES string of the molecule is O=C(O)c1c(O)cnc2c1C(F)(F)C(=O)C=C2. The van der Waals surface area contributed by atoms with Gasteiger partial charge in [-0.25, -0.2) is 4.79 Å². The number of carboxylic acids is 1. The Kier molecular flexibility index (Phi) is 2.20. The van der Waals surface area contributed by atoms with Crippen molar-refractivity contribution in [3.63, 3.8) is 0 Å². The summed E-state index contributed by atoms with van der Waals surface area (Å²) in [7, 11) is 0. The lowest BCUT2D eigenvalue weighted by atomic mass is 9.92. The van der Waals surface area contributed by atoms with Crippen molar-refractivity contribution in [2.75, 3.05) is 0 Å². The van der Waals surface area contributed by atoms with Gasteiger partial charge in [-0.3, -0.25) is 9.78 Å². The number of pyridine rings is 1. The zero-order chi connectivity index (χ0) is 12.8. The van der Waals surface area contributed by atoms with E-state index in [0.29, 0.717) is 6.08 Å². The van der Waals surface area contributed by atoms with E-state index >= 15 is 0 Å². The minimum Gasteiger partial charge on any atom is -0.505 e. The molecule has 0 aliphatic heterocycles. The number of aromatic hydroxyl groups is 1. The number of halogens is 2. The van der Waals surface area contributed by atoms with E-state index in [1.807, 2.05) is 0 Å². The molecule has 1 aliphatic carbocycles. The maximum Gasteiger partial charge on any atom is 0.340 e. The van der Waals surface area contributed by atoms with Crippen LogP contribution in [-0.2, 0) is 10.7 Å². The Balaban J connectivity index is 2.86. The van der Waals surface area contributed by atoms with Gasteiger partial charge in [-0.15, -0.1) is 0 Å². The fourth-order valence-corrected chi connectivity index (χ4v) is 1.56. The quantitative estimate of drug-likeness (QED) is 0.770. The van der Waals surface area contributed by atoms with E-state index in [-0.39, 0.29) is 5.69 Å². The number of hydrogen-bond acceptors (Lipinski definition) is 4. The fourth-order valence-electron chi connectivity index (χ4n) is 1.56. The van der Waals surface area contributed by atoms with Crippen molar-refractivity contribution in [3.8, 4) is 5.75 Å². The first-order valence-electron chi connectivity index (χ1n) is 4.41. The molecule has 0 fully saturated rings. The normalized spacial score (nSPS) is 16.7. The van der Waals surface area contributed by atoms with Gasteiger partial charge in [-0.1, -0.05) is 0 Å². The van der Waals surface area contributed by atoms with Crippen LogP contribution in [0.5, 0.6) is 5.75 Å². The average Bonchev–Trinajstić information content (AvgIpc) is 2.24. The zero-order valence-corrected chi connectivity index (χ0v) is 8.15. The molecule has 0 aromatic carbocycles. The average molecular weight is 241 g/mol. The number of alkyl halides is 2. The number of hydrogen-bond donors (Lipinski definition) is 2. The van der Waals surface area contributed by atoms with Crippen molar-refractivity contribution in [2.45, 2.75) is 5.92 Å². The Morgan fingerprint density at radius 3 is 2.59 bits per heavy atom. The topological polar surface area (TPSA) is 87.5 Å². The van der Waals surface area contributed by atoms with Crippen LogP contribution in [0.25, 0.3) is 6.08 Å². The van der Waals surface area contributed by atoms with E-state index in [4.69, 9.17) is 5.11 Å². The number of fused-ring (bicyclic) bond motifs is 1. The van der Waals surface area contributed by atoms with Crippen LogP contribution in [0.1, 0.15) is 21.6 Å². The fraction of sp³-hybridized carbons (Fsp3) is 0.100. The molecule has 1 aliphatic rings. The highest BCUT2D eigenvalue weighted by Crippen LogP contribution is 2.40. The summed E-state index contributed by atoms with van der Waals surface area (Å²) >= 11 is 0. The lowest BCUT2D eigenvalue weighted by Gasteiger charge is -2.21. The van der Waals surface area contributed by atoms with E-state index in [1.165, 1.54) is 0 Å². The summed E-state index contributed by atoms with van der Waals surface area (Å²) in [6.45, 7) is 0. The van der Waals surface area contributed by atoms with Gasteiger partial charge in [-0.05, 0) is 12.2 Å². The number of carbonyl (C=O) groups excluding carboxylic acids is 1. The first kappa shape index (κ1) is 11.2. The van der Waals surface area contributed by atoms with E-state index in [0.717, 1.165) is 12.3 Å². The van der Waals surface area contributed by atoms with Crippen molar-refractivity contribution in [1.82, 2.24) is 4.98 Å². The molecule has 0 unspecified atom stereocenters. The molecule has 0 atom stereocenters. The molecule has 0 amide bonds. The summed E-state index contributed by atoms with van der Waals surface area (Å²) in [6.07, 6.45) is 2.36. The molecule has 1 aromatic rings. The number of ketones is 1. The summed E-state index contributed by atoms with van der Waals surface area (Å²) in [4.78, 5) is 25.3. The summed E-state index contributed by atoms with van der Waals surface area (Å²) in [5.41, 5.74) is -2.42. The lowest BCUT2D eigenvalue weighted by molar-refractivity contribution is -0.139. The van der Waals surface area contributed by atoms with E-state index in [9.17, 15) is 23.5 Å². The third-order valence-corrected chi connectivity index (χ3v) is 2.32. The molecule has 0 spiro atoms. The van der Waals surface area contributed by atoms with Crippen molar-refractivity contribution < 1.29 is 28.6 Å². The maximum atomic E-state index is 13.6. The van der Waals surface area contributed by atoms with Crippen LogP contribution in [0, 0.1) is 0 Å². The molecule has 0 saturated heterocycles. The van der Waals surface area contributed by atoms with E-state index < -0.39 is 34.6 Å². The first-order valence-corrected chi connectivity index (χ1v) is 4.41. The van der Waals surface area contributed by atoms with Gasteiger partial charge in [0.15, 0.2) is 0 Å². The number of nitrogens with zero attached hydrogens (tertiary/aromatic N) is 1. The molecule has 0 radical (unpaired) electrons. The number of carbonyl (C=O) groups is 2. The second-order valence-corrected chi connectivity index (χ2v) is 3.36. The smallest absolute Gasteiger partial charge is 0.340 e. The van der Waals surface area contributed by atoms with Gasteiger partial charge in [0.25, 0.3) is 0 Å². The molecule has 5 nitrogen and oxygen atoms in total. The molecule has 0 saturated carbocycles. The van der Waals surface area contributed by atoms with Crippen molar-refractivity contribution in [2.24, 2.45) is 0 Å². The van der Waals surface area contributed by atoms with Crippen molar-refractivity contribution in [1.29, 1.82) is 0 Å². The Labute approximate surface area is 93.0 Å². The second-order valence-electron chi connectivity index (χ2n) is 3.36. The minimum atomic E-state index is -4.00. The predicted molar refractivity (Wildman–Crippen MR) is 50.8 cm³/mol. The van der Waals surface area contributed by atoms with Gasteiger partial charge in [0, 0.05) is 0 Å². The first-order chi connectivity index (χ1) is 7.85. The van der Waals surface area contributed by atoms with Gasteiger partial charge in [0.05, 0.1) is 17.5 Å². The van der Waals surface area contributed by atoms with Crippen LogP contribution in [0.4, 0.5) is 8.78 Å². The molecule has 1 heterocycles. The molecule has 7 heteroatoms. The molecular formula is C10H5F2NO4. The largest absolute Gasteiger partial charge is 0.505 e. The predicted octanol–water partition coefficient (Wildman–Crippen LogP) is 1.17. The second kappa shape index (κ2) is 3.34. The number of allylic oxidation sites excluding steroid dienone is 1. The number of carboxylic acid groups (broad SMARTS) is 1. The molecule has 2 N–H and O–H groups in total. The van der Waals surface area contributed by atoms with Gasteiger partial charge in [-0.2, -0.15) is 8.78 Å². The number of aromatic carboxylic acids is 1. The van der Waals surface area contributed by atoms with Gasteiger partial charge < -0.3 is 10.2 Å². The van der Waals surface area contributed by atoms with Crippen LogP contribution < -0.4 is 0 Å². The molecular weight excluding hydrogens is 236 g/mol. The summed E-state index contributed by atoms with van der Waals surface area (Å²) in [5, 5.41) is 18.0. The van der Waals surface area contributed by atoms with Crippen LogP contribution in [0.15, 0.2) is 12.3 Å². The third kappa shape index (κ3) is 1.47. The molecule has 0 bridgehead atoms. The van der Waals surface area contributed by atoms with E-state index in [1.54, 1.807) is 0 Å². The Morgan fingerprint density at radius 2 is 2.00 bits per heavy atom. The van der Waals surface area contributed by atoms with Gasteiger partial charge in [0.2, 0.25) is 5.78 Å². The van der Waals surface area contributed by atoms with E-state index in [2.05, 4.69) is 4.98 Å². The minimum absolute atomic E-state index is 0.343. The van der Waals surface area contributed by atoms with Crippen LogP contribution in [0.2, 0.25) is 0 Å². The van der Waals surface area contributed by atoms with Crippen LogP contribution in [0.3, 0.4) is 0 Å². The number of rotatable bonds is 1. The summed E-state index contributed by atoms with van der Waals surface area (Å²) < 4.78 is 27.2. The maximum absolute atomic E-state index is 13.6. The van der Waals surface area contributed by atoms with Crippen molar-refractivity contribution >= 4 is 17.8 Å². The van der Waals surface area contributed by atoms with Gasteiger partial charge >= 0.3 is 11.9 Å². The third-order valence-electron chi connectivity index (χ3n) is 2.32. The van der Waals surface area contributed by atoms with Crippen LogP contribution in [-0.4, -0.2) is 26.9 Å². The highest BCUT2D eigenvalue weighted by atomic mass is 19.3. The van der Waals surface area contributed by atoms with Gasteiger partial charge in [0.1, 0.15) is 11.3 Å². The monoisotopic (exact) mass is 241 g/mol. The Morgan fingerprint density at radius 1 is 1.35 bits per heavy atom. The molecule has 1 aromatic heterocycles. The van der Waals surface area contributed by atoms with Crippen LogP contribution >= 0.6 is 0 Å². The molecule has 2 rings (SSSR count). The summed E-state index contributed by atoms with van der Waals surface area (Å²) in [6, 6.07) is 0. The number of aromatic nitrogens is 1. The molecule has 88 valence electrons. The standard InChI is InChI=1S/C10H5F2NO4/c11-10(12)6(15)2-1-4-8(10)7(9(16)17)5(14)3-13-4/h1-3,14H,(H,16,17). The highest BCUT2D eigenvalue weighted by molar-refractivity contribution is 6.06. The van der Waals surface area contributed by atoms with Crippen molar-refractivity contribution in [3.05, 3.63) is 29.1 Å². The Bertz CT molecular complexity index is 566. The highest BCUT2D eigenvalue weighted by Gasteiger charge is 2.47.